The molecule has 0 bridgehead atoms. The van der Waals surface area contributed by atoms with E-state index in [-0.39, 0.29) is 29.9 Å². The third kappa shape index (κ3) is 9.10. The zero-order valence-electron chi connectivity index (χ0n) is 15.2. The summed E-state index contributed by atoms with van der Waals surface area (Å²) >= 11 is 0. The minimum absolute atomic E-state index is 0. The van der Waals surface area contributed by atoms with Gasteiger partial charge in [0.05, 0.1) is 6.54 Å². The first-order valence-electron chi connectivity index (χ1n) is 8.46. The highest BCUT2D eigenvalue weighted by molar-refractivity contribution is 14.0. The van der Waals surface area contributed by atoms with Gasteiger partial charge in [-0.25, -0.2) is 4.99 Å². The molecule has 0 radical (unpaired) electrons. The summed E-state index contributed by atoms with van der Waals surface area (Å²) in [5.41, 5.74) is 1.76. The fourth-order valence-electron chi connectivity index (χ4n) is 2.02. The van der Waals surface area contributed by atoms with Gasteiger partial charge in [0.15, 0.2) is 5.96 Å². The van der Waals surface area contributed by atoms with Gasteiger partial charge in [-0.1, -0.05) is 26.0 Å². The second-order valence-electron chi connectivity index (χ2n) is 5.86. The van der Waals surface area contributed by atoms with Crippen molar-refractivity contribution in [3.8, 4) is 0 Å². The molecule has 24 heavy (non-hydrogen) atoms. The number of carbonyl (C=O) groups is 1. The van der Waals surface area contributed by atoms with Gasteiger partial charge < -0.3 is 16.0 Å². The fraction of sp³-hybridized carbons (Fsp3) is 0.556. The second kappa shape index (κ2) is 13.0. The van der Waals surface area contributed by atoms with Gasteiger partial charge in [0.1, 0.15) is 0 Å². The molecule has 0 unspecified atom stereocenters. The van der Waals surface area contributed by atoms with Gasteiger partial charge in [-0.15, -0.1) is 24.0 Å². The van der Waals surface area contributed by atoms with Gasteiger partial charge >= 0.3 is 0 Å². The molecule has 0 spiro atoms. The van der Waals surface area contributed by atoms with Crippen LogP contribution in [0, 0.1) is 5.92 Å². The molecule has 0 aliphatic heterocycles. The Morgan fingerprint density at radius 2 is 1.67 bits per heavy atom. The van der Waals surface area contributed by atoms with Crippen molar-refractivity contribution in [3.63, 3.8) is 0 Å². The average molecular weight is 446 g/mol. The first-order valence-corrected chi connectivity index (χ1v) is 8.46. The lowest BCUT2D eigenvalue weighted by molar-refractivity contribution is 0.0956. The number of rotatable bonds is 8. The number of hydrogen-bond donors (Lipinski definition) is 3. The van der Waals surface area contributed by atoms with Crippen LogP contribution >= 0.6 is 24.0 Å². The first kappa shape index (κ1) is 22.7. The number of hydrogen-bond acceptors (Lipinski definition) is 2. The number of halogens is 1. The summed E-state index contributed by atoms with van der Waals surface area (Å²) in [6.45, 7) is 11.4. The summed E-state index contributed by atoms with van der Waals surface area (Å²) in [5, 5.41) is 9.39. The number of nitrogens with one attached hydrogen (secondary N) is 3. The lowest BCUT2D eigenvalue weighted by Crippen LogP contribution is -2.38. The van der Waals surface area contributed by atoms with Crippen molar-refractivity contribution in [2.45, 2.75) is 40.7 Å². The van der Waals surface area contributed by atoms with Crippen molar-refractivity contribution in [3.05, 3.63) is 35.4 Å². The quantitative estimate of drug-likeness (QED) is 0.327. The summed E-state index contributed by atoms with van der Waals surface area (Å²) in [6, 6.07) is 7.58. The first-order chi connectivity index (χ1) is 11.1. The van der Waals surface area contributed by atoms with Crippen LogP contribution in [0.25, 0.3) is 0 Å². The molecule has 5 nitrogen and oxygen atoms in total. The molecular weight excluding hydrogens is 415 g/mol. The number of nitrogens with zero attached hydrogens (tertiary/aromatic N) is 1. The van der Waals surface area contributed by atoms with Gasteiger partial charge in [-0.3, -0.25) is 4.79 Å². The largest absolute Gasteiger partial charge is 0.357 e. The molecule has 0 atom stereocenters. The Balaban J connectivity index is 0.00000529. The summed E-state index contributed by atoms with van der Waals surface area (Å²) in [4.78, 5) is 16.3. The van der Waals surface area contributed by atoms with E-state index < -0.39 is 0 Å². The van der Waals surface area contributed by atoms with E-state index in [0.29, 0.717) is 24.6 Å². The Hall–Kier alpha value is -1.31. The zero-order chi connectivity index (χ0) is 17.1. The van der Waals surface area contributed by atoms with Crippen LogP contribution in [0.4, 0.5) is 0 Å². The predicted molar refractivity (Wildman–Crippen MR) is 112 cm³/mol. The van der Waals surface area contributed by atoms with Gasteiger partial charge in [0.2, 0.25) is 0 Å². The molecule has 0 heterocycles. The van der Waals surface area contributed by atoms with Crippen LogP contribution in [0.5, 0.6) is 0 Å². The summed E-state index contributed by atoms with van der Waals surface area (Å²) in [6.07, 6.45) is 1.12. The maximum atomic E-state index is 11.7. The molecule has 0 saturated carbocycles. The van der Waals surface area contributed by atoms with Crippen LogP contribution in [0.2, 0.25) is 0 Å². The predicted octanol–water partition coefficient (Wildman–Crippen LogP) is 3.16. The van der Waals surface area contributed by atoms with Crippen LogP contribution in [0.3, 0.4) is 0 Å². The molecule has 0 aliphatic rings. The van der Waals surface area contributed by atoms with E-state index in [1.54, 1.807) is 0 Å². The second-order valence-corrected chi connectivity index (χ2v) is 5.86. The van der Waals surface area contributed by atoms with Crippen molar-refractivity contribution in [2.24, 2.45) is 10.9 Å². The Labute approximate surface area is 163 Å². The molecule has 0 saturated heterocycles. The van der Waals surface area contributed by atoms with E-state index in [1.165, 1.54) is 0 Å². The number of amides is 1. The van der Waals surface area contributed by atoms with Crippen molar-refractivity contribution >= 4 is 35.8 Å². The van der Waals surface area contributed by atoms with Crippen molar-refractivity contribution in [2.75, 3.05) is 19.6 Å². The average Bonchev–Trinajstić information content (AvgIpc) is 2.53. The number of benzene rings is 1. The van der Waals surface area contributed by atoms with Crippen LogP contribution < -0.4 is 16.0 Å². The standard InChI is InChI=1S/C18H30N4O.HI/c1-5-19-17(23)16-9-7-15(8-10-16)13-22-18(20-6-2)21-12-11-14(3)4;/h7-10,14H,5-6,11-13H2,1-4H3,(H,19,23)(H2,20,21,22);1H. The van der Waals surface area contributed by atoms with Crippen molar-refractivity contribution in [1.29, 1.82) is 0 Å². The lowest BCUT2D eigenvalue weighted by Gasteiger charge is -2.12. The van der Waals surface area contributed by atoms with E-state index >= 15 is 0 Å². The Kier molecular flexibility index (Phi) is 12.3. The third-order valence-corrected chi connectivity index (χ3v) is 3.33. The minimum atomic E-state index is -0.0359. The minimum Gasteiger partial charge on any atom is -0.357 e. The van der Waals surface area contributed by atoms with Crippen LogP contribution in [-0.2, 0) is 6.54 Å². The van der Waals surface area contributed by atoms with Gasteiger partial charge in [0.25, 0.3) is 5.91 Å². The highest BCUT2D eigenvalue weighted by Crippen LogP contribution is 2.06. The Bertz CT molecular complexity index is 500. The van der Waals surface area contributed by atoms with E-state index in [9.17, 15) is 4.79 Å². The molecule has 0 aliphatic carbocycles. The molecular formula is C18H31IN4O. The monoisotopic (exact) mass is 446 g/mol. The normalized spacial score (nSPS) is 11.0. The lowest BCUT2D eigenvalue weighted by atomic mass is 10.1. The fourth-order valence-corrected chi connectivity index (χ4v) is 2.02. The molecule has 136 valence electrons. The Morgan fingerprint density at radius 1 is 1.04 bits per heavy atom. The molecule has 1 amide bonds. The molecule has 1 aromatic carbocycles. The van der Waals surface area contributed by atoms with Crippen LogP contribution in [-0.4, -0.2) is 31.5 Å². The van der Waals surface area contributed by atoms with Crippen molar-refractivity contribution < 1.29 is 4.79 Å². The third-order valence-electron chi connectivity index (χ3n) is 3.33. The SMILES string of the molecule is CCNC(=O)c1ccc(CN=C(NCC)NCCC(C)C)cc1.I. The highest BCUT2D eigenvalue weighted by Gasteiger charge is 2.03. The van der Waals surface area contributed by atoms with Gasteiger partial charge in [0, 0.05) is 25.2 Å². The molecule has 6 heteroatoms. The maximum Gasteiger partial charge on any atom is 0.251 e. The number of aliphatic imine (C=N–C) groups is 1. The summed E-state index contributed by atoms with van der Waals surface area (Å²) < 4.78 is 0. The molecule has 0 fully saturated rings. The van der Waals surface area contributed by atoms with E-state index in [2.05, 4.69) is 41.7 Å². The molecule has 1 rings (SSSR count). The number of carbonyl (C=O) groups excluding carboxylic acids is 1. The highest BCUT2D eigenvalue weighted by atomic mass is 127. The van der Waals surface area contributed by atoms with Gasteiger partial charge in [-0.2, -0.15) is 0 Å². The maximum absolute atomic E-state index is 11.7. The molecule has 1 aromatic rings. The van der Waals surface area contributed by atoms with E-state index in [4.69, 9.17) is 0 Å². The van der Waals surface area contributed by atoms with Crippen LogP contribution in [0.15, 0.2) is 29.3 Å². The topological polar surface area (TPSA) is 65.5 Å². The Morgan fingerprint density at radius 3 is 2.21 bits per heavy atom. The molecule has 0 aromatic heterocycles. The van der Waals surface area contributed by atoms with Crippen LogP contribution in [0.1, 0.15) is 50.0 Å². The number of guanidine groups is 1. The van der Waals surface area contributed by atoms with E-state index in [0.717, 1.165) is 31.0 Å². The smallest absolute Gasteiger partial charge is 0.251 e. The van der Waals surface area contributed by atoms with Crippen molar-refractivity contribution in [1.82, 2.24) is 16.0 Å². The summed E-state index contributed by atoms with van der Waals surface area (Å²) in [7, 11) is 0. The van der Waals surface area contributed by atoms with E-state index in [1.807, 2.05) is 31.2 Å². The van der Waals surface area contributed by atoms with Gasteiger partial charge in [-0.05, 0) is 43.9 Å². The zero-order valence-corrected chi connectivity index (χ0v) is 17.5. The molecule has 3 N–H and O–H groups in total. The summed E-state index contributed by atoms with van der Waals surface area (Å²) in [5.74, 6) is 1.47.